The maximum Gasteiger partial charge on any atom is 0.164 e. The minimum Gasteiger partial charge on any atom is -0.497 e. The number of hydrogen-bond acceptors (Lipinski definition) is 6. The van der Waals surface area contributed by atoms with E-state index in [4.69, 9.17) is 14.5 Å². The first-order valence-corrected chi connectivity index (χ1v) is 12.7. The van der Waals surface area contributed by atoms with Crippen LogP contribution >= 0.6 is 11.8 Å². The number of rotatable bonds is 9. The molecule has 4 rings (SSSR count). The van der Waals surface area contributed by atoms with Gasteiger partial charge in [0, 0.05) is 38.5 Å². The summed E-state index contributed by atoms with van der Waals surface area (Å²) in [5.74, 6) is 1.91. The van der Waals surface area contributed by atoms with E-state index in [1.54, 1.807) is 7.11 Å². The number of unbranched alkanes of at least 4 members (excludes halogenated alkanes) is 1. The molecule has 1 fully saturated rings. The summed E-state index contributed by atoms with van der Waals surface area (Å²) in [6.07, 6.45) is 4.74. The van der Waals surface area contributed by atoms with Crippen LogP contribution in [0.1, 0.15) is 36.8 Å². The van der Waals surface area contributed by atoms with Gasteiger partial charge in [-0.2, -0.15) is 0 Å². The highest BCUT2D eigenvalue weighted by atomic mass is 32.2. The van der Waals surface area contributed by atoms with Crippen LogP contribution in [0.25, 0.3) is 0 Å². The fourth-order valence-electron chi connectivity index (χ4n) is 4.34. The molecule has 0 saturated carbocycles. The Balaban J connectivity index is 1.11. The van der Waals surface area contributed by atoms with E-state index in [0.29, 0.717) is 12.6 Å². The fraction of sp³-hybridized carbons (Fsp3) is 0.500. The van der Waals surface area contributed by atoms with Crippen LogP contribution in [0.5, 0.6) is 5.75 Å². The highest BCUT2D eigenvalue weighted by molar-refractivity contribution is 8.13. The molecule has 6 heteroatoms. The molecule has 1 saturated heterocycles. The maximum absolute atomic E-state index is 5.84. The van der Waals surface area contributed by atoms with Crippen molar-refractivity contribution in [3.63, 3.8) is 0 Å². The molecule has 0 aromatic heterocycles. The van der Waals surface area contributed by atoms with Crippen LogP contribution in [-0.2, 0) is 17.1 Å². The number of benzene rings is 2. The summed E-state index contributed by atoms with van der Waals surface area (Å²) in [7, 11) is 3.91. The third kappa shape index (κ3) is 6.27. The summed E-state index contributed by atoms with van der Waals surface area (Å²) in [4.78, 5) is 9.95. The van der Waals surface area contributed by atoms with Gasteiger partial charge < -0.3 is 19.3 Å². The molecule has 0 unspecified atom stereocenters. The predicted molar refractivity (Wildman–Crippen MR) is 134 cm³/mol. The van der Waals surface area contributed by atoms with Crippen molar-refractivity contribution >= 4 is 22.6 Å². The first-order chi connectivity index (χ1) is 15.7. The molecule has 2 aromatic carbocycles. The van der Waals surface area contributed by atoms with Gasteiger partial charge in [-0.3, -0.25) is 0 Å². The highest BCUT2D eigenvalue weighted by Crippen LogP contribution is 2.32. The lowest BCUT2D eigenvalue weighted by Gasteiger charge is -2.38. The SMILES string of the molecule is COc1ccc(COCCCCN2CCC(N(C)C3=Nc4ccccc4CS3)CC2)cc1. The lowest BCUT2D eigenvalue weighted by atomic mass is 10.0. The van der Waals surface area contributed by atoms with Crippen molar-refractivity contribution in [1.29, 1.82) is 0 Å². The number of nitrogens with zero attached hydrogens (tertiary/aromatic N) is 3. The van der Waals surface area contributed by atoms with Crippen molar-refractivity contribution in [1.82, 2.24) is 9.80 Å². The monoisotopic (exact) mass is 453 g/mol. The van der Waals surface area contributed by atoms with Crippen molar-refractivity contribution in [3.8, 4) is 5.75 Å². The van der Waals surface area contributed by atoms with Crippen LogP contribution in [0.4, 0.5) is 5.69 Å². The van der Waals surface area contributed by atoms with Gasteiger partial charge in [0.05, 0.1) is 19.4 Å². The molecule has 2 aromatic rings. The molecule has 0 amide bonds. The Bertz CT molecular complexity index is 879. The van der Waals surface area contributed by atoms with Crippen LogP contribution in [0.2, 0.25) is 0 Å². The average Bonchev–Trinajstić information content (AvgIpc) is 2.86. The van der Waals surface area contributed by atoms with Crippen molar-refractivity contribution in [2.45, 2.75) is 44.1 Å². The number of thioether (sulfide) groups is 1. The van der Waals surface area contributed by atoms with Crippen LogP contribution in [0, 0.1) is 0 Å². The molecule has 0 aliphatic carbocycles. The highest BCUT2D eigenvalue weighted by Gasteiger charge is 2.26. The smallest absolute Gasteiger partial charge is 0.164 e. The normalized spacial score (nSPS) is 17.0. The molecule has 2 aliphatic rings. The van der Waals surface area contributed by atoms with Crippen LogP contribution < -0.4 is 4.74 Å². The van der Waals surface area contributed by atoms with E-state index in [9.17, 15) is 0 Å². The second kappa shape index (κ2) is 11.7. The molecule has 32 heavy (non-hydrogen) atoms. The molecule has 0 N–H and O–H groups in total. The van der Waals surface area contributed by atoms with E-state index in [1.165, 1.54) is 55.2 Å². The lowest BCUT2D eigenvalue weighted by molar-refractivity contribution is 0.110. The summed E-state index contributed by atoms with van der Waals surface area (Å²) >= 11 is 1.87. The Morgan fingerprint density at radius 1 is 1.06 bits per heavy atom. The van der Waals surface area contributed by atoms with Gasteiger partial charge in [0.2, 0.25) is 0 Å². The van der Waals surface area contributed by atoms with Crippen LogP contribution in [0.15, 0.2) is 53.5 Å². The summed E-state index contributed by atoms with van der Waals surface area (Å²) in [6.45, 7) is 5.02. The summed E-state index contributed by atoms with van der Waals surface area (Å²) in [5.41, 5.74) is 3.68. The quantitative estimate of drug-likeness (QED) is 0.480. The molecule has 0 radical (unpaired) electrons. The molecule has 0 spiro atoms. The summed E-state index contributed by atoms with van der Waals surface area (Å²) in [6, 6.07) is 17.2. The van der Waals surface area contributed by atoms with Gasteiger partial charge in [0.15, 0.2) is 5.17 Å². The predicted octanol–water partition coefficient (Wildman–Crippen LogP) is 5.32. The first-order valence-electron chi connectivity index (χ1n) is 11.7. The van der Waals surface area contributed by atoms with Gasteiger partial charge in [0.25, 0.3) is 0 Å². The number of hydrogen-bond donors (Lipinski definition) is 0. The van der Waals surface area contributed by atoms with E-state index in [0.717, 1.165) is 30.2 Å². The topological polar surface area (TPSA) is 37.3 Å². The van der Waals surface area contributed by atoms with E-state index < -0.39 is 0 Å². The van der Waals surface area contributed by atoms with Gasteiger partial charge in [-0.25, -0.2) is 4.99 Å². The molecular formula is C26H35N3O2S. The Morgan fingerprint density at radius 3 is 2.62 bits per heavy atom. The van der Waals surface area contributed by atoms with Crippen molar-refractivity contribution in [2.75, 3.05) is 40.4 Å². The van der Waals surface area contributed by atoms with Crippen molar-refractivity contribution in [3.05, 3.63) is 59.7 Å². The average molecular weight is 454 g/mol. The molecule has 0 atom stereocenters. The van der Waals surface area contributed by atoms with E-state index in [-0.39, 0.29) is 0 Å². The zero-order valence-electron chi connectivity index (χ0n) is 19.3. The van der Waals surface area contributed by atoms with Gasteiger partial charge in [-0.15, -0.1) is 0 Å². The molecule has 2 aliphatic heterocycles. The van der Waals surface area contributed by atoms with Gasteiger partial charge in [-0.1, -0.05) is 42.1 Å². The Hall–Kier alpha value is -2.02. The van der Waals surface area contributed by atoms with Gasteiger partial charge in [-0.05, 0) is 61.6 Å². The number of fused-ring (bicyclic) bond motifs is 1. The number of likely N-dealkylation sites (tertiary alicyclic amines) is 1. The second-order valence-electron chi connectivity index (χ2n) is 8.60. The zero-order valence-corrected chi connectivity index (χ0v) is 20.2. The largest absolute Gasteiger partial charge is 0.497 e. The standard InChI is InChI=1S/C26H35N3O2S/c1-28(26-27-25-8-4-3-7-22(25)20-32-26)23-13-16-29(17-14-23)15-5-6-18-31-19-21-9-11-24(30-2)12-10-21/h3-4,7-12,23H,5-6,13-20H2,1-2H3. The number of piperidine rings is 1. The van der Waals surface area contributed by atoms with Crippen LogP contribution in [0.3, 0.4) is 0 Å². The number of ether oxygens (including phenoxy) is 2. The molecule has 0 bridgehead atoms. The Morgan fingerprint density at radius 2 is 1.84 bits per heavy atom. The van der Waals surface area contributed by atoms with E-state index >= 15 is 0 Å². The van der Waals surface area contributed by atoms with Gasteiger partial charge >= 0.3 is 0 Å². The molecule has 2 heterocycles. The first kappa shape index (κ1) is 23.1. The molecule has 172 valence electrons. The second-order valence-corrected chi connectivity index (χ2v) is 9.55. The van der Waals surface area contributed by atoms with Crippen LogP contribution in [-0.4, -0.2) is 61.4 Å². The third-order valence-corrected chi connectivity index (χ3v) is 7.50. The Labute approximate surface area is 196 Å². The molecular weight excluding hydrogens is 418 g/mol. The Kier molecular flexibility index (Phi) is 8.49. The minimum atomic E-state index is 0.593. The van der Waals surface area contributed by atoms with E-state index in [2.05, 4.69) is 53.2 Å². The van der Waals surface area contributed by atoms with Gasteiger partial charge in [0.1, 0.15) is 5.75 Å². The lowest BCUT2D eigenvalue weighted by Crippen LogP contribution is -2.45. The summed E-state index contributed by atoms with van der Waals surface area (Å²) in [5, 5.41) is 1.18. The number of aliphatic imine (C=N–C) groups is 1. The van der Waals surface area contributed by atoms with E-state index in [1.807, 2.05) is 23.9 Å². The summed E-state index contributed by atoms with van der Waals surface area (Å²) < 4.78 is 11.0. The third-order valence-electron chi connectivity index (χ3n) is 6.41. The van der Waals surface area contributed by atoms with Crippen molar-refractivity contribution < 1.29 is 9.47 Å². The maximum atomic E-state index is 5.84. The minimum absolute atomic E-state index is 0.593. The number of para-hydroxylation sites is 1. The number of amidine groups is 1. The number of methoxy groups -OCH3 is 1. The van der Waals surface area contributed by atoms with Crippen molar-refractivity contribution in [2.24, 2.45) is 4.99 Å². The molecule has 5 nitrogen and oxygen atoms in total. The zero-order chi connectivity index (χ0) is 22.2. The fourth-order valence-corrected chi connectivity index (χ4v) is 5.38.